The molecule has 1 aromatic carbocycles. The Morgan fingerprint density at radius 1 is 1.31 bits per heavy atom. The van der Waals surface area contributed by atoms with Gasteiger partial charge in [-0.1, -0.05) is 37.3 Å². The number of rotatable bonds is 5. The maximum Gasteiger partial charge on any atom is 0.0348 e. The molecule has 0 aliphatic carbocycles. The molecule has 88 valence electrons. The van der Waals surface area contributed by atoms with Crippen molar-refractivity contribution in [3.05, 3.63) is 35.9 Å². The number of likely N-dealkylation sites (N-methyl/N-ethyl adjacent to an activating group) is 1. The first-order valence-electron chi connectivity index (χ1n) is 6.31. The lowest BCUT2D eigenvalue weighted by molar-refractivity contribution is 0.109. The van der Waals surface area contributed by atoms with Gasteiger partial charge < -0.3 is 5.32 Å². The lowest BCUT2D eigenvalue weighted by Gasteiger charge is -2.41. The van der Waals surface area contributed by atoms with Gasteiger partial charge in [-0.15, -0.1) is 0 Å². The van der Waals surface area contributed by atoms with Crippen molar-refractivity contribution in [2.45, 2.75) is 32.4 Å². The van der Waals surface area contributed by atoms with Crippen LogP contribution in [0.5, 0.6) is 0 Å². The van der Waals surface area contributed by atoms with Gasteiger partial charge in [0, 0.05) is 25.2 Å². The smallest absolute Gasteiger partial charge is 0.0348 e. The lowest BCUT2D eigenvalue weighted by Crippen LogP contribution is -2.59. The Hall–Kier alpha value is -0.860. The predicted octanol–water partition coefficient (Wildman–Crippen LogP) is 1.91. The molecule has 1 atom stereocenters. The summed E-state index contributed by atoms with van der Waals surface area (Å²) in [6.45, 7) is 8.08. The minimum Gasteiger partial charge on any atom is -0.314 e. The molecule has 0 bridgehead atoms. The zero-order valence-electron chi connectivity index (χ0n) is 10.3. The van der Waals surface area contributed by atoms with Crippen molar-refractivity contribution < 1.29 is 0 Å². The topological polar surface area (TPSA) is 15.3 Å². The Balaban J connectivity index is 1.92. The molecule has 1 aliphatic heterocycles. The minimum absolute atomic E-state index is 0.638. The SMILES string of the molecule is CCN(C(C)Cc1ccccc1)C1CNC1. The highest BCUT2D eigenvalue weighted by molar-refractivity contribution is 5.15. The van der Waals surface area contributed by atoms with Crippen LogP contribution in [0.3, 0.4) is 0 Å². The third-order valence-electron chi connectivity index (χ3n) is 3.53. The summed E-state index contributed by atoms with van der Waals surface area (Å²) in [4.78, 5) is 2.61. The van der Waals surface area contributed by atoms with Crippen molar-refractivity contribution in [3.8, 4) is 0 Å². The van der Waals surface area contributed by atoms with Gasteiger partial charge in [-0.2, -0.15) is 0 Å². The van der Waals surface area contributed by atoms with Crippen molar-refractivity contribution in [3.63, 3.8) is 0 Å². The summed E-state index contributed by atoms with van der Waals surface area (Å²) in [6, 6.07) is 12.2. The molecule has 1 saturated heterocycles. The van der Waals surface area contributed by atoms with E-state index in [1.807, 2.05) is 0 Å². The average Bonchev–Trinajstić information content (AvgIpc) is 2.24. The molecule has 0 radical (unpaired) electrons. The molecule has 0 amide bonds. The van der Waals surface area contributed by atoms with Crippen LogP contribution in [0, 0.1) is 0 Å². The number of hydrogen-bond acceptors (Lipinski definition) is 2. The first-order valence-corrected chi connectivity index (χ1v) is 6.31. The average molecular weight is 218 g/mol. The monoisotopic (exact) mass is 218 g/mol. The van der Waals surface area contributed by atoms with Crippen molar-refractivity contribution in [2.75, 3.05) is 19.6 Å². The Morgan fingerprint density at radius 2 is 2.00 bits per heavy atom. The van der Waals surface area contributed by atoms with Crippen molar-refractivity contribution in [1.29, 1.82) is 0 Å². The van der Waals surface area contributed by atoms with Gasteiger partial charge in [-0.25, -0.2) is 0 Å². The quantitative estimate of drug-likeness (QED) is 0.812. The molecular formula is C14H22N2. The van der Waals surface area contributed by atoms with E-state index in [9.17, 15) is 0 Å². The van der Waals surface area contributed by atoms with Crippen molar-refractivity contribution in [2.24, 2.45) is 0 Å². The molecule has 16 heavy (non-hydrogen) atoms. The van der Waals surface area contributed by atoms with Crippen molar-refractivity contribution in [1.82, 2.24) is 10.2 Å². The zero-order chi connectivity index (χ0) is 11.4. The standard InChI is InChI=1S/C14H22N2/c1-3-16(14-10-15-11-14)12(2)9-13-7-5-4-6-8-13/h4-8,12,14-15H,3,9-11H2,1-2H3. The Morgan fingerprint density at radius 3 is 2.50 bits per heavy atom. The van der Waals surface area contributed by atoms with E-state index < -0.39 is 0 Å². The van der Waals surface area contributed by atoms with E-state index in [0.717, 1.165) is 32.1 Å². The van der Waals surface area contributed by atoms with Gasteiger partial charge in [0.15, 0.2) is 0 Å². The van der Waals surface area contributed by atoms with Gasteiger partial charge in [0.1, 0.15) is 0 Å². The van der Waals surface area contributed by atoms with Crippen molar-refractivity contribution >= 4 is 0 Å². The highest BCUT2D eigenvalue weighted by atomic mass is 15.2. The summed E-state index contributed by atoms with van der Waals surface area (Å²) < 4.78 is 0. The fraction of sp³-hybridized carbons (Fsp3) is 0.571. The lowest BCUT2D eigenvalue weighted by atomic mass is 10.0. The first-order chi connectivity index (χ1) is 7.81. The van der Waals surface area contributed by atoms with E-state index in [1.54, 1.807) is 0 Å². The number of nitrogens with zero attached hydrogens (tertiary/aromatic N) is 1. The molecule has 1 aromatic rings. The van der Waals surface area contributed by atoms with Crippen LogP contribution in [0.2, 0.25) is 0 Å². The summed E-state index contributed by atoms with van der Waals surface area (Å²) in [5, 5.41) is 3.35. The van der Waals surface area contributed by atoms with Crippen LogP contribution >= 0.6 is 0 Å². The Bertz CT molecular complexity index is 306. The fourth-order valence-electron chi connectivity index (χ4n) is 2.51. The number of benzene rings is 1. The summed E-state index contributed by atoms with van der Waals surface area (Å²) in [5.41, 5.74) is 1.45. The molecule has 1 N–H and O–H groups in total. The molecule has 1 heterocycles. The van der Waals surface area contributed by atoms with Crippen LogP contribution in [0.15, 0.2) is 30.3 Å². The molecule has 1 fully saturated rings. The second-order valence-electron chi connectivity index (χ2n) is 4.68. The number of nitrogens with one attached hydrogen (secondary N) is 1. The number of hydrogen-bond donors (Lipinski definition) is 1. The summed E-state index contributed by atoms with van der Waals surface area (Å²) >= 11 is 0. The third-order valence-corrected chi connectivity index (χ3v) is 3.53. The Labute approximate surface area is 98.7 Å². The van der Waals surface area contributed by atoms with Gasteiger partial charge in [0.2, 0.25) is 0 Å². The van der Waals surface area contributed by atoms with Gasteiger partial charge in [0.25, 0.3) is 0 Å². The molecule has 0 aromatic heterocycles. The molecule has 2 nitrogen and oxygen atoms in total. The van der Waals surface area contributed by atoms with E-state index in [1.165, 1.54) is 5.56 Å². The van der Waals surface area contributed by atoms with Crippen LogP contribution in [-0.4, -0.2) is 36.6 Å². The minimum atomic E-state index is 0.638. The zero-order valence-corrected chi connectivity index (χ0v) is 10.3. The van der Waals surface area contributed by atoms with Crippen LogP contribution < -0.4 is 5.32 Å². The van der Waals surface area contributed by atoms with Gasteiger partial charge in [-0.3, -0.25) is 4.90 Å². The maximum absolute atomic E-state index is 3.35. The van der Waals surface area contributed by atoms with Crippen LogP contribution in [0.4, 0.5) is 0 Å². The predicted molar refractivity (Wildman–Crippen MR) is 68.6 cm³/mol. The van der Waals surface area contributed by atoms with E-state index in [-0.39, 0.29) is 0 Å². The molecule has 0 saturated carbocycles. The van der Waals surface area contributed by atoms with E-state index in [0.29, 0.717) is 6.04 Å². The molecule has 1 aliphatic rings. The largest absolute Gasteiger partial charge is 0.314 e. The van der Waals surface area contributed by atoms with Crippen LogP contribution in [0.25, 0.3) is 0 Å². The summed E-state index contributed by atoms with van der Waals surface area (Å²) in [6.07, 6.45) is 1.16. The fourth-order valence-corrected chi connectivity index (χ4v) is 2.51. The normalized spacial score (nSPS) is 18.4. The second kappa shape index (κ2) is 5.46. The third kappa shape index (κ3) is 2.63. The highest BCUT2D eigenvalue weighted by Gasteiger charge is 2.26. The Kier molecular flexibility index (Phi) is 3.97. The first kappa shape index (κ1) is 11.6. The second-order valence-corrected chi connectivity index (χ2v) is 4.68. The highest BCUT2D eigenvalue weighted by Crippen LogP contribution is 2.13. The van der Waals surface area contributed by atoms with Crippen LogP contribution in [0.1, 0.15) is 19.4 Å². The molecule has 2 heteroatoms. The molecule has 0 spiro atoms. The molecule has 1 unspecified atom stereocenters. The molecule has 2 rings (SSSR count). The van der Waals surface area contributed by atoms with E-state index in [2.05, 4.69) is 54.4 Å². The van der Waals surface area contributed by atoms with E-state index >= 15 is 0 Å². The maximum atomic E-state index is 3.35. The summed E-state index contributed by atoms with van der Waals surface area (Å²) in [7, 11) is 0. The van der Waals surface area contributed by atoms with Crippen LogP contribution in [-0.2, 0) is 6.42 Å². The van der Waals surface area contributed by atoms with E-state index in [4.69, 9.17) is 0 Å². The van der Waals surface area contributed by atoms with Gasteiger partial charge in [0.05, 0.1) is 0 Å². The van der Waals surface area contributed by atoms with Gasteiger partial charge >= 0.3 is 0 Å². The summed E-state index contributed by atoms with van der Waals surface area (Å²) in [5.74, 6) is 0. The van der Waals surface area contributed by atoms with Gasteiger partial charge in [-0.05, 0) is 25.5 Å². The molecular weight excluding hydrogens is 196 g/mol.